The number of ether oxygens (including phenoxy) is 1. The maximum absolute atomic E-state index is 12.5. The molecule has 2 atom stereocenters. The summed E-state index contributed by atoms with van der Waals surface area (Å²) in [6, 6.07) is 4.31. The Labute approximate surface area is 188 Å². The van der Waals surface area contributed by atoms with E-state index in [1.807, 2.05) is 31.6 Å². The quantitative estimate of drug-likeness (QED) is 0.709. The zero-order valence-electron chi connectivity index (χ0n) is 18.5. The molecule has 2 fully saturated rings. The Morgan fingerprint density at radius 1 is 1.26 bits per heavy atom. The summed E-state index contributed by atoms with van der Waals surface area (Å²) in [5.74, 6) is 1.46. The first-order valence-corrected chi connectivity index (χ1v) is 12.2. The zero-order chi connectivity index (χ0) is 21.6. The molecule has 2 aromatic heterocycles. The number of thiazole rings is 1. The molecule has 2 aliphatic rings. The van der Waals surface area contributed by atoms with Gasteiger partial charge in [0.2, 0.25) is 5.91 Å². The number of carbonyl (C=O) groups is 1. The number of rotatable bonds is 7. The van der Waals surface area contributed by atoms with Gasteiger partial charge in [0.1, 0.15) is 10.8 Å². The average Bonchev–Trinajstić information content (AvgIpc) is 3.33. The molecular weight excluding hydrogens is 410 g/mol. The second-order valence-corrected chi connectivity index (χ2v) is 9.70. The first kappa shape index (κ1) is 22.2. The highest BCUT2D eigenvalue weighted by molar-refractivity contribution is 7.09. The minimum absolute atomic E-state index is 0.0143. The fourth-order valence-electron chi connectivity index (χ4n) is 4.34. The van der Waals surface area contributed by atoms with E-state index < -0.39 is 0 Å². The maximum atomic E-state index is 12.5. The van der Waals surface area contributed by atoms with Crippen LogP contribution in [0.5, 0.6) is 0 Å². The number of hydrogen-bond donors (Lipinski definition) is 1. The Morgan fingerprint density at radius 2 is 2.10 bits per heavy atom. The maximum Gasteiger partial charge on any atom is 0.223 e. The van der Waals surface area contributed by atoms with Crippen LogP contribution in [-0.2, 0) is 16.1 Å². The predicted octanol–water partition coefficient (Wildman–Crippen LogP) is 3.10. The van der Waals surface area contributed by atoms with Crippen molar-refractivity contribution in [1.82, 2.24) is 20.2 Å². The van der Waals surface area contributed by atoms with Gasteiger partial charge in [-0.25, -0.2) is 9.97 Å². The van der Waals surface area contributed by atoms with Crippen molar-refractivity contribution in [2.75, 3.05) is 44.3 Å². The summed E-state index contributed by atoms with van der Waals surface area (Å²) in [4.78, 5) is 26.5. The molecule has 4 rings (SSSR count). The van der Waals surface area contributed by atoms with Gasteiger partial charge < -0.3 is 15.0 Å². The number of amides is 1. The molecule has 2 aromatic rings. The number of nitrogens with zero attached hydrogens (tertiary/aromatic N) is 4. The molecule has 31 heavy (non-hydrogen) atoms. The summed E-state index contributed by atoms with van der Waals surface area (Å²) in [5.41, 5.74) is 1.23. The van der Waals surface area contributed by atoms with Gasteiger partial charge in [0.15, 0.2) is 0 Å². The Kier molecular flexibility index (Phi) is 7.53. The van der Waals surface area contributed by atoms with Crippen LogP contribution in [0.15, 0.2) is 29.9 Å². The number of aromatic nitrogens is 2. The largest absolute Gasteiger partial charge is 0.378 e. The van der Waals surface area contributed by atoms with Crippen molar-refractivity contribution >= 4 is 23.1 Å². The summed E-state index contributed by atoms with van der Waals surface area (Å²) in [6.07, 6.45) is 6.07. The minimum atomic E-state index is -0.0294. The molecule has 4 heterocycles. The van der Waals surface area contributed by atoms with Gasteiger partial charge in [-0.2, -0.15) is 0 Å². The smallest absolute Gasteiger partial charge is 0.223 e. The van der Waals surface area contributed by atoms with Crippen molar-refractivity contribution in [3.8, 4) is 0 Å². The predicted molar refractivity (Wildman–Crippen MR) is 123 cm³/mol. The molecule has 0 radical (unpaired) electrons. The van der Waals surface area contributed by atoms with Crippen LogP contribution < -0.4 is 10.2 Å². The van der Waals surface area contributed by atoms with Crippen LogP contribution in [-0.4, -0.2) is 60.2 Å². The monoisotopic (exact) mass is 443 g/mol. The van der Waals surface area contributed by atoms with Crippen LogP contribution in [0, 0.1) is 11.8 Å². The number of likely N-dealkylation sites (tertiary alicyclic amines) is 1. The van der Waals surface area contributed by atoms with E-state index in [-0.39, 0.29) is 17.9 Å². The van der Waals surface area contributed by atoms with Crippen molar-refractivity contribution in [2.45, 2.75) is 39.3 Å². The van der Waals surface area contributed by atoms with E-state index >= 15 is 0 Å². The summed E-state index contributed by atoms with van der Waals surface area (Å²) in [7, 11) is 0. The zero-order valence-corrected chi connectivity index (χ0v) is 19.3. The summed E-state index contributed by atoms with van der Waals surface area (Å²) in [5, 5.41) is 6.27. The number of morpholine rings is 1. The van der Waals surface area contributed by atoms with Crippen LogP contribution in [0.1, 0.15) is 43.3 Å². The third-order valence-electron chi connectivity index (χ3n) is 6.10. The van der Waals surface area contributed by atoms with Crippen molar-refractivity contribution < 1.29 is 9.53 Å². The molecule has 0 saturated carbocycles. The first-order valence-electron chi connectivity index (χ1n) is 11.3. The second-order valence-electron chi connectivity index (χ2n) is 8.77. The van der Waals surface area contributed by atoms with Crippen LogP contribution in [0.4, 0.5) is 5.82 Å². The van der Waals surface area contributed by atoms with Gasteiger partial charge in [0, 0.05) is 49.9 Å². The molecule has 8 heteroatoms. The topological polar surface area (TPSA) is 70.6 Å². The van der Waals surface area contributed by atoms with Gasteiger partial charge in [-0.15, -0.1) is 11.3 Å². The first-order chi connectivity index (χ1) is 15.1. The number of nitrogens with one attached hydrogen (secondary N) is 1. The molecule has 168 valence electrons. The molecule has 1 amide bonds. The van der Waals surface area contributed by atoms with E-state index in [9.17, 15) is 4.79 Å². The summed E-state index contributed by atoms with van der Waals surface area (Å²) >= 11 is 1.63. The molecule has 0 bridgehead atoms. The molecule has 1 N–H and O–H groups in total. The van der Waals surface area contributed by atoms with Gasteiger partial charge in [-0.3, -0.25) is 9.69 Å². The molecule has 2 aliphatic heterocycles. The van der Waals surface area contributed by atoms with Crippen molar-refractivity contribution in [1.29, 1.82) is 0 Å². The molecule has 0 unspecified atom stereocenters. The number of carbonyl (C=O) groups excluding carboxylic acids is 1. The molecule has 0 aromatic carbocycles. The van der Waals surface area contributed by atoms with E-state index in [0.717, 1.165) is 69.6 Å². The lowest BCUT2D eigenvalue weighted by Gasteiger charge is -2.37. The fourth-order valence-corrected chi connectivity index (χ4v) is 5.12. The van der Waals surface area contributed by atoms with Crippen molar-refractivity contribution in [3.05, 3.63) is 40.5 Å². The fraction of sp³-hybridized carbons (Fsp3) is 0.609. The second kappa shape index (κ2) is 10.5. The third kappa shape index (κ3) is 5.81. The van der Waals surface area contributed by atoms with E-state index in [2.05, 4.69) is 32.2 Å². The van der Waals surface area contributed by atoms with Crippen LogP contribution >= 0.6 is 11.3 Å². The van der Waals surface area contributed by atoms with Gasteiger partial charge in [-0.05, 0) is 36.9 Å². The van der Waals surface area contributed by atoms with Gasteiger partial charge in [0.25, 0.3) is 0 Å². The van der Waals surface area contributed by atoms with Gasteiger partial charge in [0.05, 0.1) is 19.3 Å². The SMILES string of the molecule is CC(C)C(=O)N[C@H](c1nccs1)[C@@H]1CCCN(Cc2ccc(N3CCOCC3)nc2)C1. The molecular formula is C23H33N5O2S. The Bertz CT molecular complexity index is 821. The third-order valence-corrected chi connectivity index (χ3v) is 6.96. The lowest BCUT2D eigenvalue weighted by Crippen LogP contribution is -2.43. The van der Waals surface area contributed by atoms with Gasteiger partial charge in [-0.1, -0.05) is 19.9 Å². The Hall–Kier alpha value is -2.03. The average molecular weight is 444 g/mol. The van der Waals surface area contributed by atoms with Crippen LogP contribution in [0.25, 0.3) is 0 Å². The molecule has 2 saturated heterocycles. The van der Waals surface area contributed by atoms with Crippen LogP contribution in [0.3, 0.4) is 0 Å². The summed E-state index contributed by atoms with van der Waals surface area (Å²) in [6.45, 7) is 10.1. The number of pyridine rings is 1. The standard InChI is InChI=1S/C23H33N5O2S/c1-17(2)22(29)26-21(23-24-7-13-31-23)19-4-3-8-27(16-19)15-18-5-6-20(25-14-18)28-9-11-30-12-10-28/h5-7,13-14,17,19,21H,3-4,8-12,15-16H2,1-2H3,(H,26,29)/t19-,21+/m1/s1. The number of piperidine rings is 1. The number of anilines is 1. The highest BCUT2D eigenvalue weighted by Crippen LogP contribution is 2.32. The lowest BCUT2D eigenvalue weighted by atomic mass is 9.90. The van der Waals surface area contributed by atoms with Crippen molar-refractivity contribution in [3.63, 3.8) is 0 Å². The van der Waals surface area contributed by atoms with Crippen LogP contribution in [0.2, 0.25) is 0 Å². The minimum Gasteiger partial charge on any atom is -0.378 e. The summed E-state index contributed by atoms with van der Waals surface area (Å²) < 4.78 is 5.43. The van der Waals surface area contributed by atoms with E-state index in [1.165, 1.54) is 5.56 Å². The lowest BCUT2D eigenvalue weighted by molar-refractivity contribution is -0.125. The molecule has 0 aliphatic carbocycles. The highest BCUT2D eigenvalue weighted by atomic mass is 32.1. The molecule has 0 spiro atoms. The normalized spacial score (nSPS) is 21.3. The van der Waals surface area contributed by atoms with E-state index in [0.29, 0.717) is 5.92 Å². The van der Waals surface area contributed by atoms with Gasteiger partial charge >= 0.3 is 0 Å². The van der Waals surface area contributed by atoms with E-state index in [1.54, 1.807) is 11.3 Å². The highest BCUT2D eigenvalue weighted by Gasteiger charge is 2.31. The Balaban J connectivity index is 1.39. The molecule has 7 nitrogen and oxygen atoms in total. The number of hydrogen-bond acceptors (Lipinski definition) is 7. The Morgan fingerprint density at radius 3 is 2.77 bits per heavy atom. The van der Waals surface area contributed by atoms with Crippen molar-refractivity contribution in [2.24, 2.45) is 11.8 Å². The van der Waals surface area contributed by atoms with E-state index in [4.69, 9.17) is 9.72 Å².